The molecule has 1 aromatic carbocycles. The van der Waals surface area contributed by atoms with Crippen molar-refractivity contribution in [1.82, 2.24) is 15.1 Å². The van der Waals surface area contributed by atoms with Gasteiger partial charge in [-0.3, -0.25) is 19.3 Å². The van der Waals surface area contributed by atoms with Gasteiger partial charge in [0.1, 0.15) is 0 Å². The number of amides is 3. The van der Waals surface area contributed by atoms with E-state index in [2.05, 4.69) is 5.32 Å². The average Bonchev–Trinajstić information content (AvgIpc) is 3.23. The lowest BCUT2D eigenvalue weighted by Crippen LogP contribution is -2.52. The molecule has 0 spiro atoms. The Balaban J connectivity index is 1.48. The van der Waals surface area contributed by atoms with Crippen LogP contribution in [0.4, 0.5) is 5.69 Å². The largest absolute Gasteiger partial charge is 0.493 e. The highest BCUT2D eigenvalue weighted by Gasteiger charge is 2.38. The molecular formula is C23H34N4O6. The molecule has 0 aliphatic carbocycles. The highest BCUT2D eigenvalue weighted by atomic mass is 16.5. The first-order chi connectivity index (χ1) is 16.0. The third-order valence-corrected chi connectivity index (χ3v) is 6.05. The first-order valence-electron chi connectivity index (χ1n) is 11.3. The van der Waals surface area contributed by atoms with Gasteiger partial charge in [0.15, 0.2) is 11.5 Å². The van der Waals surface area contributed by atoms with Gasteiger partial charge in [0.05, 0.1) is 26.7 Å². The second-order valence-corrected chi connectivity index (χ2v) is 8.24. The SMILES string of the molecule is COCCCNC(=O)CN1CCN(C(=O)C2CC(=O)N(c3ccc(OC)c(OC)c3)C2)CC1. The van der Waals surface area contributed by atoms with Gasteiger partial charge in [-0.25, -0.2) is 0 Å². The molecule has 2 saturated heterocycles. The Morgan fingerprint density at radius 3 is 2.45 bits per heavy atom. The van der Waals surface area contributed by atoms with Crippen LogP contribution < -0.4 is 19.7 Å². The summed E-state index contributed by atoms with van der Waals surface area (Å²) in [6.07, 6.45) is 0.974. The number of hydrogen-bond donors (Lipinski definition) is 1. The smallest absolute Gasteiger partial charge is 0.234 e. The van der Waals surface area contributed by atoms with Crippen molar-refractivity contribution in [3.63, 3.8) is 0 Å². The van der Waals surface area contributed by atoms with Crippen LogP contribution in [-0.4, -0.2) is 101 Å². The number of carbonyl (C=O) groups excluding carboxylic acids is 3. The van der Waals surface area contributed by atoms with Crippen LogP contribution in [0.15, 0.2) is 18.2 Å². The van der Waals surface area contributed by atoms with Gasteiger partial charge in [0.2, 0.25) is 17.7 Å². The van der Waals surface area contributed by atoms with E-state index in [0.717, 1.165) is 6.42 Å². The Kier molecular flexibility index (Phi) is 8.90. The minimum atomic E-state index is -0.374. The van der Waals surface area contributed by atoms with Crippen molar-refractivity contribution in [3.05, 3.63) is 18.2 Å². The lowest BCUT2D eigenvalue weighted by molar-refractivity contribution is -0.137. The minimum absolute atomic E-state index is 0.00464. The molecule has 10 nitrogen and oxygen atoms in total. The summed E-state index contributed by atoms with van der Waals surface area (Å²) in [7, 11) is 4.74. The van der Waals surface area contributed by atoms with Gasteiger partial charge < -0.3 is 29.3 Å². The number of benzene rings is 1. The number of ether oxygens (including phenoxy) is 3. The standard InChI is InChI=1S/C23H34N4O6/c1-31-12-4-7-24-21(28)16-25-8-10-26(11-9-25)23(30)17-13-22(29)27(15-17)18-5-6-19(32-2)20(14-18)33-3/h5-6,14,17H,4,7-13,15-16H2,1-3H3,(H,24,28). The lowest BCUT2D eigenvalue weighted by Gasteiger charge is -2.35. The van der Waals surface area contributed by atoms with Crippen LogP contribution in [-0.2, 0) is 19.1 Å². The fourth-order valence-electron chi connectivity index (χ4n) is 4.20. The molecule has 1 N–H and O–H groups in total. The molecule has 3 amide bonds. The van der Waals surface area contributed by atoms with E-state index in [4.69, 9.17) is 14.2 Å². The zero-order valence-electron chi connectivity index (χ0n) is 19.7. The van der Waals surface area contributed by atoms with Crippen molar-refractivity contribution in [2.45, 2.75) is 12.8 Å². The maximum atomic E-state index is 13.1. The molecule has 2 fully saturated rings. The molecule has 2 aliphatic rings. The fourth-order valence-corrected chi connectivity index (χ4v) is 4.20. The number of anilines is 1. The number of hydrogen-bond acceptors (Lipinski definition) is 7. The normalized spacial score (nSPS) is 19.0. The molecule has 2 aliphatic heterocycles. The highest BCUT2D eigenvalue weighted by molar-refractivity contribution is 6.00. The van der Waals surface area contributed by atoms with E-state index in [1.807, 2.05) is 9.80 Å². The van der Waals surface area contributed by atoms with Gasteiger partial charge >= 0.3 is 0 Å². The van der Waals surface area contributed by atoms with Crippen molar-refractivity contribution in [2.75, 3.05) is 78.6 Å². The number of nitrogens with one attached hydrogen (secondary N) is 1. The van der Waals surface area contributed by atoms with E-state index < -0.39 is 0 Å². The molecule has 10 heteroatoms. The van der Waals surface area contributed by atoms with Crippen molar-refractivity contribution in [2.24, 2.45) is 5.92 Å². The molecule has 1 unspecified atom stereocenters. The van der Waals surface area contributed by atoms with Gasteiger partial charge in [0.25, 0.3) is 0 Å². The Morgan fingerprint density at radius 1 is 1.06 bits per heavy atom. The quantitative estimate of drug-likeness (QED) is 0.501. The first kappa shape index (κ1) is 24.8. The summed E-state index contributed by atoms with van der Waals surface area (Å²) in [4.78, 5) is 43.3. The Morgan fingerprint density at radius 2 is 1.79 bits per heavy atom. The zero-order chi connectivity index (χ0) is 23.8. The third kappa shape index (κ3) is 6.35. The number of nitrogens with zero attached hydrogens (tertiary/aromatic N) is 3. The molecule has 2 heterocycles. The summed E-state index contributed by atoms with van der Waals surface area (Å²) in [5.74, 6) is 0.650. The van der Waals surface area contributed by atoms with E-state index >= 15 is 0 Å². The molecule has 33 heavy (non-hydrogen) atoms. The number of methoxy groups -OCH3 is 3. The maximum absolute atomic E-state index is 13.1. The van der Waals surface area contributed by atoms with Gasteiger partial charge in [-0.15, -0.1) is 0 Å². The summed E-state index contributed by atoms with van der Waals surface area (Å²) >= 11 is 0. The summed E-state index contributed by atoms with van der Waals surface area (Å²) in [6, 6.07) is 5.30. The number of rotatable bonds is 10. The lowest BCUT2D eigenvalue weighted by atomic mass is 10.1. The van der Waals surface area contributed by atoms with Crippen LogP contribution in [0.2, 0.25) is 0 Å². The molecule has 1 atom stereocenters. The molecule has 3 rings (SSSR count). The molecule has 0 saturated carbocycles. The topological polar surface area (TPSA) is 101 Å². The van der Waals surface area contributed by atoms with E-state index in [1.165, 1.54) is 0 Å². The van der Waals surface area contributed by atoms with Crippen LogP contribution in [0.25, 0.3) is 0 Å². The van der Waals surface area contributed by atoms with Crippen molar-refractivity contribution in [1.29, 1.82) is 0 Å². The minimum Gasteiger partial charge on any atom is -0.493 e. The second-order valence-electron chi connectivity index (χ2n) is 8.24. The summed E-state index contributed by atoms with van der Waals surface area (Å²) in [5, 5.41) is 2.88. The predicted octanol–water partition coefficient (Wildman–Crippen LogP) is 0.354. The van der Waals surface area contributed by atoms with Crippen molar-refractivity contribution in [3.8, 4) is 11.5 Å². The van der Waals surface area contributed by atoms with Crippen LogP contribution >= 0.6 is 0 Å². The summed E-state index contributed by atoms with van der Waals surface area (Å²) in [6.45, 7) is 4.26. The van der Waals surface area contributed by atoms with E-state index in [1.54, 1.807) is 44.4 Å². The van der Waals surface area contributed by atoms with Gasteiger partial charge in [-0.05, 0) is 18.6 Å². The van der Waals surface area contributed by atoms with E-state index in [9.17, 15) is 14.4 Å². The molecule has 1 aromatic rings. The zero-order valence-corrected chi connectivity index (χ0v) is 19.7. The van der Waals surface area contributed by atoms with E-state index in [0.29, 0.717) is 69.6 Å². The van der Waals surface area contributed by atoms with Crippen LogP contribution in [0.3, 0.4) is 0 Å². The molecule has 0 bridgehead atoms. The summed E-state index contributed by atoms with van der Waals surface area (Å²) < 4.78 is 15.6. The molecule has 0 radical (unpaired) electrons. The first-order valence-corrected chi connectivity index (χ1v) is 11.3. The summed E-state index contributed by atoms with van der Waals surface area (Å²) in [5.41, 5.74) is 0.689. The fraction of sp³-hybridized carbons (Fsp3) is 0.609. The maximum Gasteiger partial charge on any atom is 0.234 e. The number of piperazine rings is 1. The monoisotopic (exact) mass is 462 g/mol. The van der Waals surface area contributed by atoms with Crippen LogP contribution in [0.1, 0.15) is 12.8 Å². The highest BCUT2D eigenvalue weighted by Crippen LogP contribution is 2.34. The molecular weight excluding hydrogens is 428 g/mol. The third-order valence-electron chi connectivity index (χ3n) is 6.05. The Labute approximate surface area is 194 Å². The predicted molar refractivity (Wildman–Crippen MR) is 123 cm³/mol. The molecule has 0 aromatic heterocycles. The van der Waals surface area contributed by atoms with Crippen LogP contribution in [0, 0.1) is 5.92 Å². The molecule has 182 valence electrons. The van der Waals surface area contributed by atoms with Gasteiger partial charge in [0, 0.05) is 71.2 Å². The average molecular weight is 463 g/mol. The van der Waals surface area contributed by atoms with Crippen LogP contribution in [0.5, 0.6) is 11.5 Å². The van der Waals surface area contributed by atoms with E-state index in [-0.39, 0.29) is 30.1 Å². The van der Waals surface area contributed by atoms with Crippen molar-refractivity contribution < 1.29 is 28.6 Å². The Hall–Kier alpha value is -2.85. The van der Waals surface area contributed by atoms with Crippen molar-refractivity contribution >= 4 is 23.4 Å². The van der Waals surface area contributed by atoms with Gasteiger partial charge in [-0.1, -0.05) is 0 Å². The second kappa shape index (κ2) is 11.9. The number of carbonyl (C=O) groups is 3. The Bertz CT molecular complexity index is 840. The van der Waals surface area contributed by atoms with Gasteiger partial charge in [-0.2, -0.15) is 0 Å².